The van der Waals surface area contributed by atoms with Crippen LogP contribution < -0.4 is 10.1 Å². The molecule has 4 heterocycles. The zero-order valence-electron chi connectivity index (χ0n) is 38.9. The van der Waals surface area contributed by atoms with E-state index in [1.54, 1.807) is 17.1 Å². The Morgan fingerprint density at radius 2 is 1.41 bits per heavy atom. The number of unbranched alkanes of at least 4 members (excludes halogenated alkanes) is 1. The summed E-state index contributed by atoms with van der Waals surface area (Å²) in [6, 6.07) is 6.21. The first-order valence-electron chi connectivity index (χ1n) is 23.2. The number of carbonyl (C=O) groups excluding carboxylic acids is 1. The number of likely N-dealkylation sites (N-methyl/N-ethyl adjacent to an activating group) is 1. The summed E-state index contributed by atoms with van der Waals surface area (Å²) < 4.78 is 57.2. The SMILES string of the molecule is CN(CCCCc1ccc2c(n1)NCCC2)CC(CC(=O)O)c1cncc(OCCOCCOCCOCCOCCn2cc(COCCOCCOCCOCCOCCC=O)nn2)c1. The Kier molecular flexibility index (Phi) is 29.6. The lowest BCUT2D eigenvalue weighted by molar-refractivity contribution is -0.137. The molecular formula is C46H73N7O13. The van der Waals surface area contributed by atoms with Crippen molar-refractivity contribution in [3.63, 3.8) is 0 Å². The van der Waals surface area contributed by atoms with E-state index in [0.717, 1.165) is 74.2 Å². The van der Waals surface area contributed by atoms with Crippen LogP contribution in [-0.2, 0) is 78.2 Å². The van der Waals surface area contributed by atoms with Gasteiger partial charge in [0.15, 0.2) is 0 Å². The Hall–Kier alpha value is -4.22. The molecule has 1 unspecified atom stereocenters. The maximum absolute atomic E-state index is 11.8. The van der Waals surface area contributed by atoms with Gasteiger partial charge in [-0.15, -0.1) is 5.10 Å². The minimum Gasteiger partial charge on any atom is -0.490 e. The number of carboxylic acids is 1. The fraction of sp³-hybridized carbons (Fsp3) is 0.696. The number of aromatic nitrogens is 5. The number of aldehydes is 1. The number of aryl methyl sites for hydroxylation is 2. The van der Waals surface area contributed by atoms with Gasteiger partial charge in [-0.05, 0) is 69.0 Å². The summed E-state index contributed by atoms with van der Waals surface area (Å²) in [6.07, 6.45) is 11.6. The molecule has 66 heavy (non-hydrogen) atoms. The van der Waals surface area contributed by atoms with E-state index in [0.29, 0.717) is 151 Å². The summed E-state index contributed by atoms with van der Waals surface area (Å²) in [5, 5.41) is 21.3. The third-order valence-corrected chi connectivity index (χ3v) is 10.1. The number of aliphatic carboxylic acids is 1. The molecule has 3 aromatic heterocycles. The molecule has 0 fully saturated rings. The van der Waals surface area contributed by atoms with E-state index in [2.05, 4.69) is 37.6 Å². The minimum atomic E-state index is -0.845. The molecule has 2 N–H and O–H groups in total. The molecule has 0 saturated carbocycles. The Morgan fingerprint density at radius 3 is 2.06 bits per heavy atom. The van der Waals surface area contributed by atoms with Crippen LogP contribution in [0.3, 0.4) is 0 Å². The molecule has 0 amide bonds. The molecule has 0 spiro atoms. The van der Waals surface area contributed by atoms with Crippen molar-refractivity contribution in [2.45, 2.75) is 64.0 Å². The maximum Gasteiger partial charge on any atom is 0.304 e. The zero-order valence-corrected chi connectivity index (χ0v) is 38.9. The monoisotopic (exact) mass is 932 g/mol. The topological polar surface area (TPSA) is 218 Å². The van der Waals surface area contributed by atoms with Gasteiger partial charge >= 0.3 is 5.97 Å². The zero-order chi connectivity index (χ0) is 46.5. The first-order chi connectivity index (χ1) is 32.5. The van der Waals surface area contributed by atoms with E-state index in [4.69, 9.17) is 52.4 Å². The molecule has 1 atom stereocenters. The molecule has 20 heteroatoms. The third kappa shape index (κ3) is 25.6. The number of fused-ring (bicyclic) bond motifs is 1. The van der Waals surface area contributed by atoms with Gasteiger partial charge in [0, 0.05) is 37.3 Å². The van der Waals surface area contributed by atoms with Crippen molar-refractivity contribution in [2.24, 2.45) is 0 Å². The molecule has 0 aliphatic carbocycles. The summed E-state index contributed by atoms with van der Waals surface area (Å²) in [5.74, 6) is 0.548. The minimum absolute atomic E-state index is 0.00817. The summed E-state index contributed by atoms with van der Waals surface area (Å²) in [6.45, 7) is 11.3. The highest BCUT2D eigenvalue weighted by Crippen LogP contribution is 2.24. The molecule has 20 nitrogen and oxygen atoms in total. The van der Waals surface area contributed by atoms with Crippen LogP contribution in [0.1, 0.15) is 60.5 Å². The Balaban J connectivity index is 0.907. The molecule has 1 aliphatic heterocycles. The standard InChI is InChI=1S/C46H73N7O13/c1-52(11-3-2-7-42-9-8-39-6-4-10-48-46(39)49-42)36-41(33-45(55)56)40-32-44(35-47-34-40)66-31-30-64-27-26-62-23-21-60-19-17-58-15-12-53-37-43(50-51-53)38-65-29-28-63-25-24-61-22-20-59-18-16-57-14-5-13-54/h8-9,13,32,34-35,37,41H,2-7,10-12,14-31,33,36,38H2,1H3,(H,48,49)(H,55,56). The van der Waals surface area contributed by atoms with Gasteiger partial charge in [0.05, 0.1) is 144 Å². The van der Waals surface area contributed by atoms with Crippen molar-refractivity contribution in [3.05, 3.63) is 59.3 Å². The van der Waals surface area contributed by atoms with Crippen LogP contribution >= 0.6 is 0 Å². The highest BCUT2D eigenvalue weighted by atomic mass is 16.6. The second-order valence-corrected chi connectivity index (χ2v) is 15.5. The largest absolute Gasteiger partial charge is 0.490 e. The fourth-order valence-electron chi connectivity index (χ4n) is 6.74. The Morgan fingerprint density at radius 1 is 0.788 bits per heavy atom. The average Bonchev–Trinajstić information content (AvgIpc) is 3.78. The van der Waals surface area contributed by atoms with Gasteiger partial charge in [-0.1, -0.05) is 11.3 Å². The maximum atomic E-state index is 11.8. The van der Waals surface area contributed by atoms with Crippen LogP contribution in [0.5, 0.6) is 5.75 Å². The number of carboxylic acid groups (broad SMARTS) is 1. The average molecular weight is 932 g/mol. The van der Waals surface area contributed by atoms with Crippen LogP contribution in [-0.4, -0.2) is 193 Å². The molecule has 0 saturated heterocycles. The normalized spacial score (nSPS) is 12.9. The highest BCUT2D eigenvalue weighted by molar-refractivity contribution is 5.68. The number of rotatable bonds is 43. The van der Waals surface area contributed by atoms with E-state index in [1.165, 1.54) is 5.56 Å². The van der Waals surface area contributed by atoms with Gasteiger partial charge in [0.1, 0.15) is 30.2 Å². The molecule has 3 aromatic rings. The number of nitrogens with zero attached hydrogens (tertiary/aromatic N) is 6. The van der Waals surface area contributed by atoms with Gasteiger partial charge in [-0.25, -0.2) is 9.67 Å². The smallest absolute Gasteiger partial charge is 0.304 e. The van der Waals surface area contributed by atoms with Crippen molar-refractivity contribution in [3.8, 4) is 5.75 Å². The van der Waals surface area contributed by atoms with Crippen LogP contribution in [0.15, 0.2) is 36.8 Å². The third-order valence-electron chi connectivity index (χ3n) is 10.1. The number of carbonyl (C=O) groups is 2. The predicted octanol–water partition coefficient (Wildman–Crippen LogP) is 3.26. The van der Waals surface area contributed by atoms with Gasteiger partial charge < -0.3 is 67.5 Å². The van der Waals surface area contributed by atoms with Gasteiger partial charge in [-0.2, -0.15) is 0 Å². The lowest BCUT2D eigenvalue weighted by atomic mass is 9.96. The second-order valence-electron chi connectivity index (χ2n) is 15.5. The summed E-state index contributed by atoms with van der Waals surface area (Å²) in [5.41, 5.74) is 3.97. The molecular weight excluding hydrogens is 859 g/mol. The van der Waals surface area contributed by atoms with E-state index in [9.17, 15) is 14.7 Å². The van der Waals surface area contributed by atoms with Crippen LogP contribution in [0.2, 0.25) is 0 Å². The number of hydrogen-bond donors (Lipinski definition) is 2. The number of anilines is 1. The molecule has 0 aromatic carbocycles. The van der Waals surface area contributed by atoms with E-state index >= 15 is 0 Å². The summed E-state index contributed by atoms with van der Waals surface area (Å²) >= 11 is 0. The number of pyridine rings is 2. The first-order valence-corrected chi connectivity index (χ1v) is 23.2. The van der Waals surface area contributed by atoms with Crippen molar-refractivity contribution in [2.75, 3.05) is 151 Å². The second kappa shape index (κ2) is 35.9. The van der Waals surface area contributed by atoms with Gasteiger partial charge in [0.2, 0.25) is 0 Å². The molecule has 370 valence electrons. The first kappa shape index (κ1) is 54.4. The lowest BCUT2D eigenvalue weighted by Crippen LogP contribution is -2.27. The van der Waals surface area contributed by atoms with Crippen LogP contribution in [0, 0.1) is 0 Å². The lowest BCUT2D eigenvalue weighted by Gasteiger charge is -2.23. The number of hydrogen-bond acceptors (Lipinski definition) is 18. The van der Waals surface area contributed by atoms with E-state index in [-0.39, 0.29) is 12.3 Å². The molecule has 0 radical (unpaired) electrons. The molecule has 1 aliphatic rings. The van der Waals surface area contributed by atoms with E-state index in [1.807, 2.05) is 19.3 Å². The van der Waals surface area contributed by atoms with Crippen molar-refractivity contribution >= 4 is 18.1 Å². The summed E-state index contributed by atoms with van der Waals surface area (Å²) in [7, 11) is 2.04. The molecule has 0 bridgehead atoms. The predicted molar refractivity (Wildman–Crippen MR) is 243 cm³/mol. The van der Waals surface area contributed by atoms with Gasteiger partial charge in [0.25, 0.3) is 0 Å². The van der Waals surface area contributed by atoms with Crippen molar-refractivity contribution in [1.29, 1.82) is 0 Å². The molecule has 4 rings (SSSR count). The Labute approximate surface area is 389 Å². The quantitative estimate of drug-likeness (QED) is 0.0615. The fourth-order valence-corrected chi connectivity index (χ4v) is 6.74. The number of nitrogens with one attached hydrogen (secondary N) is 1. The van der Waals surface area contributed by atoms with E-state index < -0.39 is 5.97 Å². The van der Waals surface area contributed by atoms with Crippen molar-refractivity contribution in [1.82, 2.24) is 29.9 Å². The van der Waals surface area contributed by atoms with Crippen LogP contribution in [0.4, 0.5) is 5.82 Å². The summed E-state index contributed by atoms with van der Waals surface area (Å²) in [4.78, 5) is 33.3. The number of ether oxygens (including phenoxy) is 10. The van der Waals surface area contributed by atoms with Gasteiger partial charge in [-0.3, -0.25) is 9.78 Å². The van der Waals surface area contributed by atoms with Crippen molar-refractivity contribution < 1.29 is 62.1 Å². The van der Waals surface area contributed by atoms with Crippen LogP contribution in [0.25, 0.3) is 0 Å². The Bertz CT molecular complexity index is 1710. The highest BCUT2D eigenvalue weighted by Gasteiger charge is 2.19.